The van der Waals surface area contributed by atoms with E-state index in [1.54, 1.807) is 24.3 Å². The fourth-order valence-electron chi connectivity index (χ4n) is 2.00. The van der Waals surface area contributed by atoms with Gasteiger partial charge in [-0.3, -0.25) is 4.72 Å². The highest BCUT2D eigenvalue weighted by atomic mass is 35.5. The Bertz CT molecular complexity index is 1010. The Kier molecular flexibility index (Phi) is 4.94. The molecule has 0 atom stereocenters. The molecule has 1 aromatic carbocycles. The number of nitrogens with zero attached hydrogens (tertiary/aromatic N) is 3. The normalized spacial score (nSPS) is 11.5. The second-order valence-corrected chi connectivity index (χ2v) is 7.54. The van der Waals surface area contributed by atoms with Gasteiger partial charge < -0.3 is 0 Å². The molecular formula is C15H11Cl2FN4O2S. The lowest BCUT2D eigenvalue weighted by Crippen LogP contribution is -2.12. The minimum Gasteiger partial charge on any atom is -0.280 e. The van der Waals surface area contributed by atoms with E-state index in [0.717, 1.165) is 0 Å². The lowest BCUT2D eigenvalue weighted by atomic mass is 10.3. The van der Waals surface area contributed by atoms with Gasteiger partial charge in [0.15, 0.2) is 5.82 Å². The number of alkyl halides is 1. The van der Waals surface area contributed by atoms with E-state index in [1.807, 2.05) is 0 Å². The number of hydrogen-bond donors (Lipinski definition) is 1. The first-order valence-electron chi connectivity index (χ1n) is 6.93. The van der Waals surface area contributed by atoms with Gasteiger partial charge in [-0.05, 0) is 30.3 Å². The van der Waals surface area contributed by atoms with Crippen LogP contribution in [-0.2, 0) is 16.7 Å². The summed E-state index contributed by atoms with van der Waals surface area (Å²) in [7, 11) is -3.85. The highest BCUT2D eigenvalue weighted by Gasteiger charge is 2.18. The number of hydrogen-bond acceptors (Lipinski definition) is 4. The van der Waals surface area contributed by atoms with Crippen molar-refractivity contribution in [3.05, 3.63) is 64.5 Å². The average molecular weight is 401 g/mol. The molecule has 0 spiro atoms. The molecule has 1 N–H and O–H groups in total. The van der Waals surface area contributed by atoms with Crippen LogP contribution in [0.3, 0.4) is 0 Å². The zero-order chi connectivity index (χ0) is 18.0. The molecule has 0 aliphatic rings. The number of halogens is 3. The van der Waals surface area contributed by atoms with E-state index >= 15 is 0 Å². The largest absolute Gasteiger partial charge is 0.280 e. The maximum Gasteiger partial charge on any atom is 0.265 e. The number of nitrogens with one attached hydrogen (secondary N) is 1. The maximum absolute atomic E-state index is 12.6. The van der Waals surface area contributed by atoms with Crippen LogP contribution >= 0.6 is 23.2 Å². The van der Waals surface area contributed by atoms with E-state index in [0.29, 0.717) is 16.3 Å². The van der Waals surface area contributed by atoms with Gasteiger partial charge in [0, 0.05) is 22.5 Å². The number of sulfonamides is 1. The molecule has 0 radical (unpaired) electrons. The van der Waals surface area contributed by atoms with Crippen LogP contribution in [0.4, 0.5) is 10.1 Å². The monoisotopic (exact) mass is 400 g/mol. The Morgan fingerprint density at radius 2 is 1.88 bits per heavy atom. The maximum atomic E-state index is 12.6. The summed E-state index contributed by atoms with van der Waals surface area (Å²) in [5.74, 6) is 0.201. The van der Waals surface area contributed by atoms with Gasteiger partial charge in [0.25, 0.3) is 10.0 Å². The minimum atomic E-state index is -3.85. The van der Waals surface area contributed by atoms with Crippen LogP contribution in [0.5, 0.6) is 0 Å². The van der Waals surface area contributed by atoms with Gasteiger partial charge in [-0.15, -0.1) is 0 Å². The number of pyridine rings is 1. The third-order valence-corrected chi connectivity index (χ3v) is 5.08. The van der Waals surface area contributed by atoms with Crippen molar-refractivity contribution >= 4 is 38.9 Å². The smallest absolute Gasteiger partial charge is 0.265 e. The van der Waals surface area contributed by atoms with Crippen molar-refractivity contribution in [2.24, 2.45) is 0 Å². The first kappa shape index (κ1) is 17.7. The van der Waals surface area contributed by atoms with Crippen molar-refractivity contribution in [2.75, 3.05) is 4.72 Å². The number of benzene rings is 1. The molecule has 0 unspecified atom stereocenters. The molecule has 0 aliphatic heterocycles. The van der Waals surface area contributed by atoms with Crippen LogP contribution in [0, 0.1) is 0 Å². The molecule has 0 fully saturated rings. The molecule has 25 heavy (non-hydrogen) atoms. The highest BCUT2D eigenvalue weighted by molar-refractivity contribution is 7.92. The van der Waals surface area contributed by atoms with Gasteiger partial charge in [0.1, 0.15) is 11.6 Å². The van der Waals surface area contributed by atoms with Gasteiger partial charge in [0.05, 0.1) is 17.4 Å². The summed E-state index contributed by atoms with van der Waals surface area (Å²) >= 11 is 11.8. The summed E-state index contributed by atoms with van der Waals surface area (Å²) in [5, 5.41) is 4.61. The van der Waals surface area contributed by atoms with Crippen LogP contribution in [0.2, 0.25) is 10.0 Å². The van der Waals surface area contributed by atoms with Crippen molar-refractivity contribution in [2.45, 2.75) is 11.6 Å². The third kappa shape index (κ3) is 3.92. The van der Waals surface area contributed by atoms with Crippen LogP contribution in [0.25, 0.3) is 5.82 Å². The fraction of sp³-hybridized carbons (Fsp3) is 0.0667. The lowest BCUT2D eigenvalue weighted by molar-refractivity contribution is 0.484. The summed E-state index contributed by atoms with van der Waals surface area (Å²) < 4.78 is 41.1. The van der Waals surface area contributed by atoms with Gasteiger partial charge in [-0.25, -0.2) is 22.5 Å². The Labute approximate surface area is 153 Å². The summed E-state index contributed by atoms with van der Waals surface area (Å²) in [5.41, 5.74) is 0.679. The summed E-state index contributed by atoms with van der Waals surface area (Å²) in [6.07, 6.45) is 3.74. The molecule has 0 saturated heterocycles. The van der Waals surface area contributed by atoms with Crippen LogP contribution in [-0.4, -0.2) is 23.2 Å². The third-order valence-electron chi connectivity index (χ3n) is 3.22. The van der Waals surface area contributed by atoms with Gasteiger partial charge >= 0.3 is 0 Å². The van der Waals surface area contributed by atoms with Gasteiger partial charge in [-0.1, -0.05) is 23.2 Å². The second kappa shape index (κ2) is 6.99. The van der Waals surface area contributed by atoms with Gasteiger partial charge in [0.2, 0.25) is 0 Å². The quantitative estimate of drug-likeness (QED) is 0.705. The molecule has 2 aromatic heterocycles. The predicted octanol–water partition coefficient (Wildman–Crippen LogP) is 3.84. The average Bonchev–Trinajstić information content (AvgIpc) is 3.07. The van der Waals surface area contributed by atoms with E-state index in [-0.39, 0.29) is 15.7 Å². The van der Waals surface area contributed by atoms with E-state index in [4.69, 9.17) is 23.2 Å². The Morgan fingerprint density at radius 3 is 2.52 bits per heavy atom. The second-order valence-electron chi connectivity index (χ2n) is 5.02. The number of anilines is 1. The van der Waals surface area contributed by atoms with Crippen LogP contribution in [0.15, 0.2) is 53.8 Å². The number of rotatable bonds is 5. The highest BCUT2D eigenvalue weighted by Crippen LogP contribution is 2.22. The first-order chi connectivity index (χ1) is 11.9. The zero-order valence-corrected chi connectivity index (χ0v) is 14.9. The molecule has 2 heterocycles. The standard InChI is InChI=1S/C15H11Cl2FN4O2S/c16-11-1-3-12(4-2-11)21-25(23,24)13-8-20-22(9-13)15-14(17)5-10(6-18)7-19-15/h1-5,7-9,21H,6H2. The Morgan fingerprint density at radius 1 is 1.16 bits per heavy atom. The van der Waals surface area contributed by atoms with E-state index < -0.39 is 16.7 Å². The van der Waals surface area contributed by atoms with Crippen LogP contribution in [0.1, 0.15) is 5.56 Å². The molecule has 3 rings (SSSR count). The first-order valence-corrected chi connectivity index (χ1v) is 9.17. The molecule has 10 heteroatoms. The van der Waals surface area contributed by atoms with Gasteiger partial charge in [-0.2, -0.15) is 5.10 Å². The molecule has 0 bridgehead atoms. The molecule has 6 nitrogen and oxygen atoms in total. The zero-order valence-electron chi connectivity index (χ0n) is 12.5. The molecule has 0 amide bonds. The molecular weight excluding hydrogens is 390 g/mol. The minimum absolute atomic E-state index is 0.0742. The van der Waals surface area contributed by atoms with Crippen molar-refractivity contribution in [1.82, 2.24) is 14.8 Å². The molecule has 0 aliphatic carbocycles. The lowest BCUT2D eigenvalue weighted by Gasteiger charge is -2.06. The Balaban J connectivity index is 1.88. The molecule has 3 aromatic rings. The molecule has 0 saturated carbocycles. The van der Waals surface area contributed by atoms with Crippen LogP contribution < -0.4 is 4.72 Å². The van der Waals surface area contributed by atoms with Crippen molar-refractivity contribution < 1.29 is 12.8 Å². The SMILES string of the molecule is O=S(=O)(Nc1ccc(Cl)cc1)c1cnn(-c2ncc(CF)cc2Cl)c1. The summed E-state index contributed by atoms with van der Waals surface area (Å²) in [4.78, 5) is 3.93. The van der Waals surface area contributed by atoms with Crippen molar-refractivity contribution in [1.29, 1.82) is 0 Å². The molecule has 130 valence electrons. The fourth-order valence-corrected chi connectivity index (χ4v) is 3.40. The Hall–Kier alpha value is -2.16. The van der Waals surface area contributed by atoms with E-state index in [1.165, 1.54) is 29.3 Å². The topological polar surface area (TPSA) is 76.9 Å². The summed E-state index contributed by atoms with van der Waals surface area (Å²) in [6.45, 7) is -0.698. The van der Waals surface area contributed by atoms with E-state index in [9.17, 15) is 12.8 Å². The van der Waals surface area contributed by atoms with Crippen molar-refractivity contribution in [3.63, 3.8) is 0 Å². The predicted molar refractivity (Wildman–Crippen MR) is 93.4 cm³/mol. The summed E-state index contributed by atoms with van der Waals surface area (Å²) in [6, 6.07) is 7.63. The number of aromatic nitrogens is 3. The van der Waals surface area contributed by atoms with E-state index in [2.05, 4.69) is 14.8 Å². The van der Waals surface area contributed by atoms with Crippen molar-refractivity contribution in [3.8, 4) is 5.82 Å².